The van der Waals surface area contributed by atoms with Gasteiger partial charge in [-0.05, 0) is 67.6 Å². The molecule has 2 N–H and O–H groups in total. The average Bonchev–Trinajstić information content (AvgIpc) is 3.42. The van der Waals surface area contributed by atoms with Crippen molar-refractivity contribution in [3.63, 3.8) is 0 Å². The second-order valence-corrected chi connectivity index (χ2v) is 7.77. The van der Waals surface area contributed by atoms with E-state index in [2.05, 4.69) is 10.6 Å². The summed E-state index contributed by atoms with van der Waals surface area (Å²) >= 11 is 0. The summed E-state index contributed by atoms with van der Waals surface area (Å²) in [5, 5.41) is 6.48. The van der Waals surface area contributed by atoms with Crippen LogP contribution in [-0.2, 0) is 16.1 Å². The van der Waals surface area contributed by atoms with Gasteiger partial charge in [0, 0.05) is 11.6 Å². The molecule has 1 heterocycles. The highest BCUT2D eigenvalue weighted by Crippen LogP contribution is 2.58. The Hall–Kier alpha value is -2.37. The van der Waals surface area contributed by atoms with Gasteiger partial charge in [0.2, 0.25) is 5.91 Å². The number of anilines is 1. The lowest BCUT2D eigenvalue weighted by atomic mass is 9.92. The van der Waals surface area contributed by atoms with E-state index < -0.39 is 0 Å². The van der Waals surface area contributed by atoms with Crippen LogP contribution in [0.4, 0.5) is 5.69 Å². The van der Waals surface area contributed by atoms with E-state index >= 15 is 0 Å². The van der Waals surface area contributed by atoms with Crippen LogP contribution in [0.15, 0.2) is 54.6 Å². The predicted octanol–water partition coefficient (Wildman–Crippen LogP) is 3.61. The molecular formula is C23H28N2O3. The molecule has 1 aliphatic carbocycles. The third-order valence-corrected chi connectivity index (χ3v) is 5.81. The molecule has 28 heavy (non-hydrogen) atoms. The number of nitrogens with one attached hydrogen (secondary N) is 2. The molecule has 2 aromatic rings. The van der Waals surface area contributed by atoms with Crippen LogP contribution < -0.4 is 15.4 Å². The highest BCUT2D eigenvalue weighted by Gasteiger charge is 2.57. The lowest BCUT2D eigenvalue weighted by molar-refractivity contribution is -0.118. The lowest BCUT2D eigenvalue weighted by Gasteiger charge is -2.23. The number of benzene rings is 2. The Morgan fingerprint density at radius 2 is 1.89 bits per heavy atom. The van der Waals surface area contributed by atoms with Gasteiger partial charge < -0.3 is 20.1 Å². The van der Waals surface area contributed by atoms with Crippen LogP contribution in [0.25, 0.3) is 0 Å². The molecule has 0 bridgehead atoms. The van der Waals surface area contributed by atoms with Crippen LogP contribution in [0.3, 0.4) is 0 Å². The zero-order chi connectivity index (χ0) is 19.2. The second kappa shape index (κ2) is 8.76. The van der Waals surface area contributed by atoms with E-state index in [1.807, 2.05) is 54.6 Å². The van der Waals surface area contributed by atoms with Gasteiger partial charge in [0.05, 0.1) is 13.2 Å². The molecule has 1 aliphatic heterocycles. The van der Waals surface area contributed by atoms with E-state index in [0.717, 1.165) is 49.4 Å². The molecular weight excluding hydrogens is 352 g/mol. The number of piperidine rings is 1. The summed E-state index contributed by atoms with van der Waals surface area (Å²) in [6.45, 7) is 3.60. The first-order valence-corrected chi connectivity index (χ1v) is 10.1. The standard InChI is InChI=1S/C23H28N2O3/c26-22(21-16-23(21)9-11-24-12-10-23)25-19-6-4-5-18(15-19)17-27-13-14-28-20-7-2-1-3-8-20/h1-8,15,21,24H,9-14,16-17H2,(H,25,26). The molecule has 0 aromatic heterocycles. The van der Waals surface area contributed by atoms with E-state index in [1.165, 1.54) is 0 Å². The first-order valence-electron chi connectivity index (χ1n) is 10.1. The zero-order valence-corrected chi connectivity index (χ0v) is 16.2. The van der Waals surface area contributed by atoms with E-state index in [1.54, 1.807) is 0 Å². The molecule has 0 radical (unpaired) electrons. The number of para-hydroxylation sites is 1. The van der Waals surface area contributed by atoms with Crippen molar-refractivity contribution >= 4 is 11.6 Å². The largest absolute Gasteiger partial charge is 0.491 e. The zero-order valence-electron chi connectivity index (χ0n) is 16.2. The van der Waals surface area contributed by atoms with Crippen molar-refractivity contribution in [1.82, 2.24) is 5.32 Å². The van der Waals surface area contributed by atoms with Gasteiger partial charge in [-0.15, -0.1) is 0 Å². The average molecular weight is 380 g/mol. The van der Waals surface area contributed by atoms with Gasteiger partial charge in [0.1, 0.15) is 12.4 Å². The van der Waals surface area contributed by atoms with Crippen molar-refractivity contribution in [2.75, 3.05) is 31.6 Å². The molecule has 1 spiro atoms. The number of hydrogen-bond donors (Lipinski definition) is 2. The maximum Gasteiger partial charge on any atom is 0.228 e. The summed E-state index contributed by atoms with van der Waals surface area (Å²) in [6.07, 6.45) is 3.26. The van der Waals surface area contributed by atoms with E-state index in [0.29, 0.717) is 19.8 Å². The minimum absolute atomic E-state index is 0.163. The summed E-state index contributed by atoms with van der Waals surface area (Å²) in [6, 6.07) is 17.6. The molecule has 2 fully saturated rings. The normalized spacial score (nSPS) is 19.9. The van der Waals surface area contributed by atoms with Crippen molar-refractivity contribution in [2.45, 2.75) is 25.9 Å². The Kier molecular flexibility index (Phi) is 5.93. The third kappa shape index (κ3) is 4.72. The Balaban J connectivity index is 1.20. The van der Waals surface area contributed by atoms with Crippen LogP contribution in [0.1, 0.15) is 24.8 Å². The van der Waals surface area contributed by atoms with E-state index in [9.17, 15) is 4.79 Å². The van der Waals surface area contributed by atoms with Crippen molar-refractivity contribution in [2.24, 2.45) is 11.3 Å². The Morgan fingerprint density at radius 3 is 2.71 bits per heavy atom. The first-order chi connectivity index (χ1) is 13.8. The molecule has 1 amide bonds. The fourth-order valence-corrected chi connectivity index (χ4v) is 4.09. The SMILES string of the molecule is O=C(Nc1cccc(COCCOc2ccccc2)c1)C1CC12CCNCC2. The number of carbonyl (C=O) groups is 1. The van der Waals surface area contributed by atoms with Crippen LogP contribution in [-0.4, -0.2) is 32.2 Å². The Morgan fingerprint density at radius 1 is 1.07 bits per heavy atom. The molecule has 5 heteroatoms. The molecule has 148 valence electrons. The van der Waals surface area contributed by atoms with Gasteiger partial charge in [0.15, 0.2) is 0 Å². The monoisotopic (exact) mass is 380 g/mol. The summed E-state index contributed by atoms with van der Waals surface area (Å²) in [5.41, 5.74) is 2.15. The quantitative estimate of drug-likeness (QED) is 0.687. The molecule has 2 aliphatic rings. The lowest BCUT2D eigenvalue weighted by Crippen LogP contribution is -2.31. The molecule has 1 atom stereocenters. The molecule has 2 aromatic carbocycles. The van der Waals surface area contributed by atoms with Gasteiger partial charge in [-0.3, -0.25) is 4.79 Å². The van der Waals surface area contributed by atoms with Crippen molar-refractivity contribution < 1.29 is 14.3 Å². The summed E-state index contributed by atoms with van der Waals surface area (Å²) in [4.78, 5) is 12.6. The van der Waals surface area contributed by atoms with Crippen molar-refractivity contribution in [3.8, 4) is 5.75 Å². The number of rotatable bonds is 8. The predicted molar refractivity (Wildman–Crippen MR) is 109 cm³/mol. The molecule has 5 nitrogen and oxygen atoms in total. The molecule has 4 rings (SSSR count). The number of hydrogen-bond acceptors (Lipinski definition) is 4. The maximum atomic E-state index is 12.6. The smallest absolute Gasteiger partial charge is 0.228 e. The minimum atomic E-state index is 0.163. The topological polar surface area (TPSA) is 59.6 Å². The molecule has 1 saturated carbocycles. The first kappa shape index (κ1) is 19.0. The highest BCUT2D eigenvalue weighted by atomic mass is 16.5. The Labute approximate surface area is 166 Å². The van der Waals surface area contributed by atoms with Crippen LogP contribution in [0.5, 0.6) is 5.75 Å². The van der Waals surface area contributed by atoms with Gasteiger partial charge in [-0.25, -0.2) is 0 Å². The fraction of sp³-hybridized carbons (Fsp3) is 0.435. The van der Waals surface area contributed by atoms with E-state index in [4.69, 9.17) is 9.47 Å². The summed E-state index contributed by atoms with van der Waals surface area (Å²) < 4.78 is 11.3. The van der Waals surface area contributed by atoms with Crippen molar-refractivity contribution in [3.05, 3.63) is 60.2 Å². The molecule has 1 saturated heterocycles. The van der Waals surface area contributed by atoms with Gasteiger partial charge >= 0.3 is 0 Å². The minimum Gasteiger partial charge on any atom is -0.491 e. The maximum absolute atomic E-state index is 12.6. The van der Waals surface area contributed by atoms with E-state index in [-0.39, 0.29) is 17.2 Å². The highest BCUT2D eigenvalue weighted by molar-refractivity contribution is 5.95. The van der Waals surface area contributed by atoms with Crippen molar-refractivity contribution in [1.29, 1.82) is 0 Å². The fourth-order valence-electron chi connectivity index (χ4n) is 4.09. The number of amides is 1. The van der Waals surface area contributed by atoms with Gasteiger partial charge in [-0.2, -0.15) is 0 Å². The molecule has 1 unspecified atom stereocenters. The van der Waals surface area contributed by atoms with Gasteiger partial charge in [0.25, 0.3) is 0 Å². The van der Waals surface area contributed by atoms with Crippen LogP contribution in [0, 0.1) is 11.3 Å². The Bertz CT molecular complexity index is 787. The number of ether oxygens (including phenoxy) is 2. The summed E-state index contributed by atoms with van der Waals surface area (Å²) in [5.74, 6) is 1.18. The number of carbonyl (C=O) groups excluding carboxylic acids is 1. The van der Waals surface area contributed by atoms with Gasteiger partial charge in [-0.1, -0.05) is 30.3 Å². The van der Waals surface area contributed by atoms with Crippen LogP contribution in [0.2, 0.25) is 0 Å². The third-order valence-electron chi connectivity index (χ3n) is 5.81. The second-order valence-electron chi connectivity index (χ2n) is 7.77. The van der Waals surface area contributed by atoms with Crippen LogP contribution >= 0.6 is 0 Å². The summed E-state index contributed by atoms with van der Waals surface area (Å²) in [7, 11) is 0.